The van der Waals surface area contributed by atoms with Gasteiger partial charge in [0.1, 0.15) is 12.4 Å². The highest BCUT2D eigenvalue weighted by Gasteiger charge is 2.05. The number of hydrogen-bond donors (Lipinski definition) is 1. The van der Waals surface area contributed by atoms with E-state index >= 15 is 0 Å². The van der Waals surface area contributed by atoms with Crippen LogP contribution in [0.5, 0.6) is 5.75 Å². The third kappa shape index (κ3) is 7.78. The number of benzene rings is 3. The first-order valence-electron chi connectivity index (χ1n) is 9.67. The van der Waals surface area contributed by atoms with Crippen molar-refractivity contribution >= 4 is 47.2 Å². The van der Waals surface area contributed by atoms with Crippen molar-refractivity contribution in [1.82, 2.24) is 4.90 Å². The Morgan fingerprint density at radius 3 is 2.19 bits per heavy atom. The standard InChI is InChI=1S/C25H22Cl2N2O2.ClH/c1-29(2)15-16-31-24-13-12-22(17-23(24)27)28-25(30)14-5-18-3-6-19(7-4-18)20-8-10-21(26)11-9-20;/h3-4,6-13,17H,15-16H2,1-2H3,(H,28,30);1H. The van der Waals surface area contributed by atoms with Gasteiger partial charge in [-0.25, -0.2) is 0 Å². The molecule has 0 aromatic heterocycles. The largest absolute Gasteiger partial charge is 0.491 e. The summed E-state index contributed by atoms with van der Waals surface area (Å²) in [4.78, 5) is 14.2. The highest BCUT2D eigenvalue weighted by molar-refractivity contribution is 6.32. The van der Waals surface area contributed by atoms with E-state index in [1.807, 2.05) is 67.5 Å². The highest BCUT2D eigenvalue weighted by atomic mass is 35.5. The molecule has 0 radical (unpaired) electrons. The highest BCUT2D eigenvalue weighted by Crippen LogP contribution is 2.27. The average Bonchev–Trinajstić information content (AvgIpc) is 2.74. The second-order valence-electron chi connectivity index (χ2n) is 7.09. The molecule has 0 saturated heterocycles. The molecule has 0 spiro atoms. The summed E-state index contributed by atoms with van der Waals surface area (Å²) in [6.07, 6.45) is 0. The van der Waals surface area contributed by atoms with Gasteiger partial charge in [0, 0.05) is 28.7 Å². The van der Waals surface area contributed by atoms with Crippen LogP contribution in [0.15, 0.2) is 66.7 Å². The van der Waals surface area contributed by atoms with Crippen LogP contribution in [0.2, 0.25) is 10.0 Å². The van der Waals surface area contributed by atoms with Crippen molar-refractivity contribution in [2.75, 3.05) is 32.6 Å². The molecule has 1 N–H and O–H groups in total. The van der Waals surface area contributed by atoms with E-state index in [1.54, 1.807) is 18.2 Å². The van der Waals surface area contributed by atoms with Gasteiger partial charge in [-0.15, -0.1) is 12.4 Å². The number of nitrogens with zero attached hydrogens (tertiary/aromatic N) is 1. The molecular formula is C25H23Cl3N2O2. The number of hydrogen-bond acceptors (Lipinski definition) is 3. The lowest BCUT2D eigenvalue weighted by Crippen LogP contribution is -2.19. The van der Waals surface area contributed by atoms with Gasteiger partial charge in [-0.1, -0.05) is 53.4 Å². The van der Waals surface area contributed by atoms with Crippen molar-refractivity contribution in [3.63, 3.8) is 0 Å². The summed E-state index contributed by atoms with van der Waals surface area (Å²) in [5.74, 6) is 5.63. The summed E-state index contributed by atoms with van der Waals surface area (Å²) < 4.78 is 5.64. The van der Waals surface area contributed by atoms with E-state index in [4.69, 9.17) is 27.9 Å². The van der Waals surface area contributed by atoms with Crippen LogP contribution in [0.3, 0.4) is 0 Å². The van der Waals surface area contributed by atoms with Gasteiger partial charge in [0.2, 0.25) is 0 Å². The lowest BCUT2D eigenvalue weighted by atomic mass is 10.0. The lowest BCUT2D eigenvalue weighted by molar-refractivity contribution is -0.111. The van der Waals surface area contributed by atoms with E-state index in [1.165, 1.54) is 0 Å². The Morgan fingerprint density at radius 2 is 1.59 bits per heavy atom. The van der Waals surface area contributed by atoms with Crippen molar-refractivity contribution in [3.05, 3.63) is 82.3 Å². The smallest absolute Gasteiger partial charge is 0.300 e. The molecule has 0 heterocycles. The molecule has 0 saturated carbocycles. The van der Waals surface area contributed by atoms with Gasteiger partial charge in [-0.3, -0.25) is 4.79 Å². The van der Waals surface area contributed by atoms with Gasteiger partial charge in [0.25, 0.3) is 0 Å². The van der Waals surface area contributed by atoms with E-state index in [0.29, 0.717) is 28.1 Å². The van der Waals surface area contributed by atoms with Crippen LogP contribution < -0.4 is 10.1 Å². The molecule has 3 rings (SSSR count). The Labute approximate surface area is 204 Å². The van der Waals surface area contributed by atoms with Crippen LogP contribution in [0.25, 0.3) is 11.1 Å². The SMILES string of the molecule is CN(C)CCOc1ccc(NC(=O)C#Cc2ccc(-c3ccc(Cl)cc3)cc2)cc1Cl.Cl. The zero-order valence-corrected chi connectivity index (χ0v) is 20.0. The molecule has 0 unspecified atom stereocenters. The number of amides is 1. The molecule has 0 atom stereocenters. The second kappa shape index (κ2) is 12.4. The van der Waals surface area contributed by atoms with E-state index in [2.05, 4.69) is 17.2 Å². The molecule has 0 aliphatic rings. The van der Waals surface area contributed by atoms with E-state index < -0.39 is 5.91 Å². The van der Waals surface area contributed by atoms with Gasteiger partial charge >= 0.3 is 5.91 Å². The molecule has 4 nitrogen and oxygen atoms in total. The van der Waals surface area contributed by atoms with E-state index in [9.17, 15) is 4.79 Å². The van der Waals surface area contributed by atoms with Gasteiger partial charge in [-0.05, 0) is 67.7 Å². The number of rotatable bonds is 6. The third-order valence-corrected chi connectivity index (χ3v) is 4.92. The topological polar surface area (TPSA) is 41.6 Å². The zero-order valence-electron chi connectivity index (χ0n) is 17.7. The molecule has 0 aliphatic carbocycles. The summed E-state index contributed by atoms with van der Waals surface area (Å²) >= 11 is 12.2. The molecule has 7 heteroatoms. The maximum absolute atomic E-state index is 12.2. The molecular weight excluding hydrogens is 467 g/mol. The molecule has 3 aromatic carbocycles. The van der Waals surface area contributed by atoms with Gasteiger partial charge in [0.15, 0.2) is 0 Å². The van der Waals surface area contributed by atoms with Gasteiger partial charge < -0.3 is 15.0 Å². The van der Waals surface area contributed by atoms with Crippen molar-refractivity contribution < 1.29 is 9.53 Å². The van der Waals surface area contributed by atoms with Crippen molar-refractivity contribution in [1.29, 1.82) is 0 Å². The fourth-order valence-electron chi connectivity index (χ4n) is 2.71. The zero-order chi connectivity index (χ0) is 22.2. The van der Waals surface area contributed by atoms with Gasteiger partial charge in [-0.2, -0.15) is 0 Å². The first kappa shape index (κ1) is 25.6. The average molecular weight is 490 g/mol. The minimum Gasteiger partial charge on any atom is -0.491 e. The number of nitrogens with one attached hydrogen (secondary N) is 1. The first-order valence-corrected chi connectivity index (χ1v) is 10.4. The van der Waals surface area contributed by atoms with Crippen LogP contribution in [0.1, 0.15) is 5.56 Å². The molecule has 0 aliphatic heterocycles. The Bertz CT molecular complexity index is 1100. The molecule has 1 amide bonds. The fourth-order valence-corrected chi connectivity index (χ4v) is 3.07. The van der Waals surface area contributed by atoms with Crippen molar-refractivity contribution in [2.45, 2.75) is 0 Å². The van der Waals surface area contributed by atoms with Crippen LogP contribution in [0, 0.1) is 11.8 Å². The maximum Gasteiger partial charge on any atom is 0.300 e. The predicted molar refractivity (Wildman–Crippen MR) is 135 cm³/mol. The minimum atomic E-state index is -0.417. The summed E-state index contributed by atoms with van der Waals surface area (Å²) in [6, 6.07) is 20.4. The number of likely N-dealkylation sites (N-methyl/N-ethyl adjacent to an activating group) is 1. The summed E-state index contributed by atoms with van der Waals surface area (Å²) in [6.45, 7) is 1.31. The van der Waals surface area contributed by atoms with Crippen LogP contribution >= 0.6 is 35.6 Å². The van der Waals surface area contributed by atoms with Crippen molar-refractivity contribution in [2.24, 2.45) is 0 Å². The second-order valence-corrected chi connectivity index (χ2v) is 7.93. The van der Waals surface area contributed by atoms with Crippen molar-refractivity contribution in [3.8, 4) is 28.7 Å². The summed E-state index contributed by atoms with van der Waals surface area (Å²) in [7, 11) is 3.94. The number of halogens is 3. The third-order valence-electron chi connectivity index (χ3n) is 4.37. The normalized spacial score (nSPS) is 10.0. The molecule has 3 aromatic rings. The van der Waals surface area contributed by atoms with Gasteiger partial charge in [0.05, 0.1) is 5.02 Å². The van der Waals surface area contributed by atoms with E-state index in [0.717, 1.165) is 23.2 Å². The molecule has 32 heavy (non-hydrogen) atoms. The molecule has 0 bridgehead atoms. The molecule has 0 fully saturated rings. The first-order chi connectivity index (χ1) is 14.9. The Balaban J connectivity index is 0.00000363. The Kier molecular flexibility index (Phi) is 9.90. The predicted octanol–water partition coefficient (Wildman–Crippen LogP) is 6.01. The number of anilines is 1. The Hall–Kier alpha value is -2.68. The monoisotopic (exact) mass is 488 g/mol. The minimum absolute atomic E-state index is 0. The Morgan fingerprint density at radius 1 is 0.969 bits per heavy atom. The summed E-state index contributed by atoms with van der Waals surface area (Å²) in [5, 5.41) is 3.86. The molecule has 166 valence electrons. The lowest BCUT2D eigenvalue weighted by Gasteiger charge is -2.12. The van der Waals surface area contributed by atoms with Crippen LogP contribution in [0.4, 0.5) is 5.69 Å². The van der Waals surface area contributed by atoms with E-state index in [-0.39, 0.29) is 12.4 Å². The summed E-state index contributed by atoms with van der Waals surface area (Å²) in [5.41, 5.74) is 3.42. The maximum atomic E-state index is 12.2. The van der Waals surface area contributed by atoms with Crippen LogP contribution in [-0.2, 0) is 4.79 Å². The number of carbonyl (C=O) groups excluding carboxylic acids is 1. The number of carbonyl (C=O) groups is 1. The van der Waals surface area contributed by atoms with Crippen LogP contribution in [-0.4, -0.2) is 38.1 Å². The number of ether oxygens (including phenoxy) is 1. The fraction of sp³-hybridized carbons (Fsp3) is 0.160. The quantitative estimate of drug-likeness (QED) is 0.431.